The highest BCUT2D eigenvalue weighted by Gasteiger charge is 2.23. The predicted molar refractivity (Wildman–Crippen MR) is 76.2 cm³/mol. The molecule has 0 radical (unpaired) electrons. The van der Waals surface area contributed by atoms with Gasteiger partial charge < -0.3 is 5.32 Å². The van der Waals surface area contributed by atoms with Crippen LogP contribution < -0.4 is 5.32 Å². The first kappa shape index (κ1) is 15.4. The maximum Gasteiger partial charge on any atom is 0.234 e. The Kier molecular flexibility index (Phi) is 6.22. The fraction of sp³-hybridized carbons (Fsp3) is 0.467. The first-order valence-corrected chi connectivity index (χ1v) is 6.66. The molecule has 1 rings (SSSR count). The average Bonchev–Trinajstić information content (AvgIpc) is 2.40. The SMILES string of the molecule is CCNC(=O)CN(C)C(CC)C(=O)c1ccccc1. The lowest BCUT2D eigenvalue weighted by molar-refractivity contribution is -0.122. The summed E-state index contributed by atoms with van der Waals surface area (Å²) in [5.74, 6) is 0.0132. The second-order valence-corrected chi connectivity index (χ2v) is 4.52. The second kappa shape index (κ2) is 7.69. The van der Waals surface area contributed by atoms with Crippen LogP contribution in [0.2, 0.25) is 0 Å². The summed E-state index contributed by atoms with van der Waals surface area (Å²) in [5.41, 5.74) is 0.692. The molecule has 1 unspecified atom stereocenters. The monoisotopic (exact) mass is 262 g/mol. The van der Waals surface area contributed by atoms with E-state index in [2.05, 4.69) is 5.32 Å². The molecule has 1 atom stereocenters. The Morgan fingerprint density at radius 1 is 1.21 bits per heavy atom. The van der Waals surface area contributed by atoms with Crippen LogP contribution in [0.4, 0.5) is 0 Å². The van der Waals surface area contributed by atoms with E-state index in [9.17, 15) is 9.59 Å². The minimum Gasteiger partial charge on any atom is -0.355 e. The van der Waals surface area contributed by atoms with Gasteiger partial charge in [-0.05, 0) is 20.4 Å². The molecule has 0 saturated heterocycles. The van der Waals surface area contributed by atoms with Crippen LogP contribution in [0, 0.1) is 0 Å². The molecule has 0 aliphatic heterocycles. The van der Waals surface area contributed by atoms with Gasteiger partial charge in [0, 0.05) is 12.1 Å². The maximum atomic E-state index is 12.4. The van der Waals surface area contributed by atoms with Crippen LogP contribution in [-0.4, -0.2) is 42.8 Å². The number of rotatable bonds is 7. The Morgan fingerprint density at radius 2 is 1.84 bits per heavy atom. The summed E-state index contributed by atoms with van der Waals surface area (Å²) in [7, 11) is 1.81. The van der Waals surface area contributed by atoms with Crippen molar-refractivity contribution in [1.29, 1.82) is 0 Å². The summed E-state index contributed by atoms with van der Waals surface area (Å²) in [5, 5.41) is 2.74. The summed E-state index contributed by atoms with van der Waals surface area (Å²) >= 11 is 0. The van der Waals surface area contributed by atoms with Crippen molar-refractivity contribution < 1.29 is 9.59 Å². The van der Waals surface area contributed by atoms with E-state index in [1.54, 1.807) is 4.90 Å². The molecule has 1 aromatic carbocycles. The quantitative estimate of drug-likeness (QED) is 0.761. The molecule has 0 spiro atoms. The minimum absolute atomic E-state index is 0.0516. The fourth-order valence-corrected chi connectivity index (χ4v) is 2.08. The largest absolute Gasteiger partial charge is 0.355 e. The van der Waals surface area contributed by atoms with Gasteiger partial charge in [-0.15, -0.1) is 0 Å². The van der Waals surface area contributed by atoms with Gasteiger partial charge in [0.05, 0.1) is 12.6 Å². The lowest BCUT2D eigenvalue weighted by Crippen LogP contribution is -2.44. The molecular weight excluding hydrogens is 240 g/mol. The Labute approximate surface area is 114 Å². The zero-order valence-electron chi connectivity index (χ0n) is 11.8. The van der Waals surface area contributed by atoms with Crippen LogP contribution in [-0.2, 0) is 4.79 Å². The Bertz CT molecular complexity index is 417. The number of nitrogens with one attached hydrogen (secondary N) is 1. The number of Topliss-reactive ketones (excluding diaryl/α,β-unsaturated/α-hetero) is 1. The van der Waals surface area contributed by atoms with Crippen molar-refractivity contribution in [2.24, 2.45) is 0 Å². The van der Waals surface area contributed by atoms with Crippen LogP contribution in [0.15, 0.2) is 30.3 Å². The first-order valence-electron chi connectivity index (χ1n) is 6.66. The van der Waals surface area contributed by atoms with Crippen LogP contribution >= 0.6 is 0 Å². The van der Waals surface area contributed by atoms with Gasteiger partial charge in [0.15, 0.2) is 5.78 Å². The van der Waals surface area contributed by atoms with Crippen LogP contribution in [0.1, 0.15) is 30.6 Å². The molecule has 0 aliphatic rings. The van der Waals surface area contributed by atoms with E-state index in [1.807, 2.05) is 51.2 Å². The number of hydrogen-bond acceptors (Lipinski definition) is 3. The molecule has 4 nitrogen and oxygen atoms in total. The van der Waals surface area contributed by atoms with Crippen molar-refractivity contribution in [2.75, 3.05) is 20.1 Å². The summed E-state index contributed by atoms with van der Waals surface area (Å²) in [6.07, 6.45) is 0.684. The lowest BCUT2D eigenvalue weighted by Gasteiger charge is -2.25. The molecule has 0 aliphatic carbocycles. The molecule has 0 fully saturated rings. The summed E-state index contributed by atoms with van der Waals surface area (Å²) in [4.78, 5) is 25.8. The third kappa shape index (κ3) is 4.48. The number of amides is 1. The summed E-state index contributed by atoms with van der Waals surface area (Å²) in [6.45, 7) is 4.69. The topological polar surface area (TPSA) is 49.4 Å². The van der Waals surface area contributed by atoms with E-state index in [0.29, 0.717) is 18.5 Å². The number of likely N-dealkylation sites (N-methyl/N-ethyl adjacent to an activating group) is 2. The van der Waals surface area contributed by atoms with Gasteiger partial charge >= 0.3 is 0 Å². The minimum atomic E-state index is -0.259. The van der Waals surface area contributed by atoms with Gasteiger partial charge in [0.2, 0.25) is 5.91 Å². The highest BCUT2D eigenvalue weighted by Crippen LogP contribution is 2.10. The zero-order valence-corrected chi connectivity index (χ0v) is 11.8. The van der Waals surface area contributed by atoms with Gasteiger partial charge in [-0.3, -0.25) is 14.5 Å². The Hall–Kier alpha value is -1.68. The van der Waals surface area contributed by atoms with Crippen molar-refractivity contribution in [3.8, 4) is 0 Å². The third-order valence-corrected chi connectivity index (χ3v) is 3.05. The zero-order chi connectivity index (χ0) is 14.3. The maximum absolute atomic E-state index is 12.4. The van der Waals surface area contributed by atoms with E-state index in [4.69, 9.17) is 0 Å². The fourth-order valence-electron chi connectivity index (χ4n) is 2.08. The van der Waals surface area contributed by atoms with E-state index in [1.165, 1.54) is 0 Å². The van der Waals surface area contributed by atoms with E-state index < -0.39 is 0 Å². The van der Waals surface area contributed by atoms with Crippen molar-refractivity contribution >= 4 is 11.7 Å². The molecule has 104 valence electrons. The summed E-state index contributed by atoms with van der Waals surface area (Å²) < 4.78 is 0. The molecule has 19 heavy (non-hydrogen) atoms. The van der Waals surface area contributed by atoms with Gasteiger partial charge in [-0.1, -0.05) is 37.3 Å². The lowest BCUT2D eigenvalue weighted by atomic mass is 10.0. The molecule has 0 bridgehead atoms. The molecule has 0 saturated carbocycles. The first-order chi connectivity index (χ1) is 9.10. The second-order valence-electron chi connectivity index (χ2n) is 4.52. The number of hydrogen-bond donors (Lipinski definition) is 1. The van der Waals surface area contributed by atoms with Crippen LogP contribution in [0.5, 0.6) is 0 Å². The van der Waals surface area contributed by atoms with E-state index in [0.717, 1.165) is 0 Å². The molecule has 0 aromatic heterocycles. The third-order valence-electron chi connectivity index (χ3n) is 3.05. The van der Waals surface area contributed by atoms with Gasteiger partial charge in [0.1, 0.15) is 0 Å². The Morgan fingerprint density at radius 3 is 2.37 bits per heavy atom. The van der Waals surface area contributed by atoms with Crippen LogP contribution in [0.25, 0.3) is 0 Å². The van der Waals surface area contributed by atoms with Crippen molar-refractivity contribution in [3.05, 3.63) is 35.9 Å². The molecule has 4 heteroatoms. The molecule has 1 amide bonds. The van der Waals surface area contributed by atoms with Gasteiger partial charge in [-0.2, -0.15) is 0 Å². The standard InChI is InChI=1S/C15H22N2O2/c1-4-13(17(3)11-14(18)16-5-2)15(19)12-9-7-6-8-10-12/h6-10,13H,4-5,11H2,1-3H3,(H,16,18). The molecule has 1 N–H and O–H groups in total. The smallest absolute Gasteiger partial charge is 0.234 e. The number of carbonyl (C=O) groups is 2. The van der Waals surface area contributed by atoms with Gasteiger partial charge in [-0.25, -0.2) is 0 Å². The average molecular weight is 262 g/mol. The van der Waals surface area contributed by atoms with E-state index in [-0.39, 0.29) is 24.3 Å². The van der Waals surface area contributed by atoms with Gasteiger partial charge in [0.25, 0.3) is 0 Å². The van der Waals surface area contributed by atoms with E-state index >= 15 is 0 Å². The van der Waals surface area contributed by atoms with Crippen molar-refractivity contribution in [1.82, 2.24) is 10.2 Å². The van der Waals surface area contributed by atoms with Crippen molar-refractivity contribution in [3.63, 3.8) is 0 Å². The number of nitrogens with zero attached hydrogens (tertiary/aromatic N) is 1. The predicted octanol–water partition coefficient (Wildman–Crippen LogP) is 1.72. The normalized spacial score (nSPS) is 12.2. The number of ketones is 1. The number of benzene rings is 1. The highest BCUT2D eigenvalue weighted by atomic mass is 16.2. The molecule has 0 heterocycles. The van der Waals surface area contributed by atoms with Crippen molar-refractivity contribution in [2.45, 2.75) is 26.3 Å². The summed E-state index contributed by atoms with van der Waals surface area (Å²) in [6, 6.07) is 8.95. The number of carbonyl (C=O) groups excluding carboxylic acids is 2. The van der Waals surface area contributed by atoms with Crippen LogP contribution in [0.3, 0.4) is 0 Å². The molecule has 1 aromatic rings. The Balaban J connectivity index is 2.72. The molecular formula is C15H22N2O2. The highest BCUT2D eigenvalue weighted by molar-refractivity contribution is 6.00.